The van der Waals surface area contributed by atoms with Crippen molar-refractivity contribution in [2.75, 3.05) is 19.6 Å². The molecule has 7 heteroatoms. The minimum Gasteiger partial charge on any atom is -0.405 e. The Kier molecular flexibility index (Phi) is 4.23. The number of hydrogen-bond donors (Lipinski definition) is 1. The smallest absolute Gasteiger partial charge is 0.405 e. The third-order valence-corrected chi connectivity index (χ3v) is 4.58. The van der Waals surface area contributed by atoms with Crippen LogP contribution in [0.15, 0.2) is 24.3 Å². The predicted octanol–water partition coefficient (Wildman–Crippen LogP) is 2.50. The molecular formula is C16H19F3N2O2. The lowest BCUT2D eigenvalue weighted by atomic mass is 10.1. The summed E-state index contributed by atoms with van der Waals surface area (Å²) in [6, 6.07) is 6.06. The molecule has 4 nitrogen and oxygen atoms in total. The van der Waals surface area contributed by atoms with E-state index in [0.29, 0.717) is 37.5 Å². The fourth-order valence-electron chi connectivity index (χ4n) is 3.28. The van der Waals surface area contributed by atoms with Gasteiger partial charge >= 0.3 is 6.36 Å². The highest BCUT2D eigenvalue weighted by Gasteiger charge is 2.48. The van der Waals surface area contributed by atoms with Crippen molar-refractivity contribution in [2.45, 2.75) is 25.1 Å². The molecule has 2 aliphatic rings. The molecule has 126 valence electrons. The van der Waals surface area contributed by atoms with Crippen molar-refractivity contribution in [2.24, 2.45) is 17.6 Å². The molecule has 2 fully saturated rings. The van der Waals surface area contributed by atoms with Crippen LogP contribution in [0.1, 0.15) is 24.3 Å². The molecule has 1 saturated carbocycles. The van der Waals surface area contributed by atoms with Crippen molar-refractivity contribution < 1.29 is 22.7 Å². The number of para-hydroxylation sites is 1. The number of carbonyl (C=O) groups is 1. The number of halogens is 3. The summed E-state index contributed by atoms with van der Waals surface area (Å²) in [6.45, 7) is 1.89. The van der Waals surface area contributed by atoms with E-state index in [0.717, 1.165) is 6.42 Å². The van der Waals surface area contributed by atoms with Gasteiger partial charge in [-0.15, -0.1) is 13.2 Å². The Bertz CT molecular complexity index is 591. The molecular weight excluding hydrogens is 309 g/mol. The normalized spacial score (nSPS) is 27.1. The van der Waals surface area contributed by atoms with E-state index in [1.807, 2.05) is 0 Å². The zero-order valence-electron chi connectivity index (χ0n) is 12.6. The molecule has 0 radical (unpaired) electrons. The predicted molar refractivity (Wildman–Crippen MR) is 77.7 cm³/mol. The van der Waals surface area contributed by atoms with Gasteiger partial charge in [0.2, 0.25) is 5.91 Å². The molecule has 3 rings (SSSR count). The molecule has 0 aromatic heterocycles. The van der Waals surface area contributed by atoms with E-state index in [1.165, 1.54) is 12.1 Å². The van der Waals surface area contributed by atoms with Gasteiger partial charge in [0, 0.05) is 19.0 Å². The molecule has 23 heavy (non-hydrogen) atoms. The number of nitrogens with zero attached hydrogens (tertiary/aromatic N) is 1. The number of benzene rings is 1. The topological polar surface area (TPSA) is 55.6 Å². The van der Waals surface area contributed by atoms with Crippen LogP contribution in [-0.2, 0) is 4.79 Å². The fourth-order valence-corrected chi connectivity index (χ4v) is 3.28. The van der Waals surface area contributed by atoms with Crippen LogP contribution in [0.5, 0.6) is 5.75 Å². The van der Waals surface area contributed by atoms with Crippen LogP contribution >= 0.6 is 0 Å². The van der Waals surface area contributed by atoms with Crippen molar-refractivity contribution in [3.8, 4) is 5.75 Å². The van der Waals surface area contributed by atoms with E-state index < -0.39 is 6.36 Å². The lowest BCUT2D eigenvalue weighted by Crippen LogP contribution is -2.31. The summed E-state index contributed by atoms with van der Waals surface area (Å²) in [6.07, 6.45) is -3.26. The highest BCUT2D eigenvalue weighted by molar-refractivity contribution is 5.83. The standard InChI is InChI=1S/C16H19F3N2O2/c17-16(18,19)23-14-4-2-1-3-11(14)12-7-13(12)15(22)21-6-5-10(8-20)9-21/h1-4,10,12-13H,5-9,20H2. The second kappa shape index (κ2) is 6.03. The quantitative estimate of drug-likeness (QED) is 0.924. The largest absolute Gasteiger partial charge is 0.573 e. The third-order valence-electron chi connectivity index (χ3n) is 4.58. The molecule has 2 N–H and O–H groups in total. The van der Waals surface area contributed by atoms with E-state index in [4.69, 9.17) is 5.73 Å². The fraction of sp³-hybridized carbons (Fsp3) is 0.562. The van der Waals surface area contributed by atoms with Gasteiger partial charge in [-0.05, 0) is 42.9 Å². The molecule has 1 aromatic rings. The molecule has 0 spiro atoms. The minimum atomic E-state index is -4.73. The number of likely N-dealkylation sites (tertiary alicyclic amines) is 1. The maximum absolute atomic E-state index is 12.5. The Morgan fingerprint density at radius 2 is 2.09 bits per heavy atom. The van der Waals surface area contributed by atoms with Gasteiger partial charge in [-0.25, -0.2) is 0 Å². The summed E-state index contributed by atoms with van der Waals surface area (Å²) in [5, 5.41) is 0. The molecule has 1 aromatic carbocycles. The van der Waals surface area contributed by atoms with Gasteiger partial charge in [0.1, 0.15) is 5.75 Å². The maximum atomic E-state index is 12.5. The van der Waals surface area contributed by atoms with Crippen molar-refractivity contribution in [1.82, 2.24) is 4.90 Å². The average Bonchev–Trinajstić information content (AvgIpc) is 3.13. The Morgan fingerprint density at radius 1 is 1.35 bits per heavy atom. The molecule has 0 bridgehead atoms. The van der Waals surface area contributed by atoms with E-state index in [1.54, 1.807) is 17.0 Å². The monoisotopic (exact) mass is 328 g/mol. The number of amides is 1. The Hall–Kier alpha value is -1.76. The Labute approximate surface area is 132 Å². The van der Waals surface area contributed by atoms with Crippen molar-refractivity contribution in [3.63, 3.8) is 0 Å². The first-order chi connectivity index (χ1) is 10.9. The highest BCUT2D eigenvalue weighted by Crippen LogP contribution is 2.52. The van der Waals surface area contributed by atoms with Crippen LogP contribution < -0.4 is 10.5 Å². The van der Waals surface area contributed by atoms with E-state index >= 15 is 0 Å². The third kappa shape index (κ3) is 3.60. The van der Waals surface area contributed by atoms with Crippen LogP contribution in [0.4, 0.5) is 13.2 Å². The number of hydrogen-bond acceptors (Lipinski definition) is 3. The lowest BCUT2D eigenvalue weighted by Gasteiger charge is -2.17. The van der Waals surface area contributed by atoms with E-state index in [-0.39, 0.29) is 23.5 Å². The molecule has 1 heterocycles. The zero-order chi connectivity index (χ0) is 16.6. The summed E-state index contributed by atoms with van der Waals surface area (Å²) < 4.78 is 41.5. The SMILES string of the molecule is NCC1CCN(C(=O)C2CC2c2ccccc2OC(F)(F)F)C1. The Morgan fingerprint density at radius 3 is 2.74 bits per heavy atom. The van der Waals surface area contributed by atoms with Gasteiger partial charge in [-0.3, -0.25) is 4.79 Å². The van der Waals surface area contributed by atoms with E-state index in [9.17, 15) is 18.0 Å². The summed E-state index contributed by atoms with van der Waals surface area (Å²) in [5.74, 6) is -0.297. The van der Waals surface area contributed by atoms with Crippen LogP contribution in [0.25, 0.3) is 0 Å². The summed E-state index contributed by atoms with van der Waals surface area (Å²) in [7, 11) is 0. The number of ether oxygens (including phenoxy) is 1. The zero-order valence-corrected chi connectivity index (χ0v) is 12.6. The first kappa shape index (κ1) is 16.1. The molecule has 1 amide bonds. The summed E-state index contributed by atoms with van der Waals surface area (Å²) >= 11 is 0. The maximum Gasteiger partial charge on any atom is 0.573 e. The van der Waals surface area contributed by atoms with Gasteiger partial charge in [-0.2, -0.15) is 0 Å². The minimum absolute atomic E-state index is 0.0211. The van der Waals surface area contributed by atoms with Crippen LogP contribution in [0.3, 0.4) is 0 Å². The van der Waals surface area contributed by atoms with Crippen molar-refractivity contribution >= 4 is 5.91 Å². The second-order valence-corrected chi connectivity index (χ2v) is 6.21. The van der Waals surface area contributed by atoms with Gasteiger partial charge in [0.15, 0.2) is 0 Å². The first-order valence-electron chi connectivity index (χ1n) is 7.72. The number of alkyl halides is 3. The van der Waals surface area contributed by atoms with Crippen LogP contribution in [-0.4, -0.2) is 36.8 Å². The second-order valence-electron chi connectivity index (χ2n) is 6.21. The summed E-state index contributed by atoms with van der Waals surface area (Å²) in [4.78, 5) is 14.3. The highest BCUT2D eigenvalue weighted by atomic mass is 19.4. The van der Waals surface area contributed by atoms with Crippen LogP contribution in [0.2, 0.25) is 0 Å². The molecule has 3 unspecified atom stereocenters. The van der Waals surface area contributed by atoms with Gasteiger partial charge < -0.3 is 15.4 Å². The van der Waals surface area contributed by atoms with Crippen LogP contribution in [0, 0.1) is 11.8 Å². The molecule has 3 atom stereocenters. The van der Waals surface area contributed by atoms with Crippen molar-refractivity contribution in [3.05, 3.63) is 29.8 Å². The number of rotatable bonds is 4. The molecule has 1 aliphatic heterocycles. The van der Waals surface area contributed by atoms with E-state index in [2.05, 4.69) is 4.74 Å². The number of nitrogens with two attached hydrogens (primary N) is 1. The van der Waals surface area contributed by atoms with Crippen molar-refractivity contribution in [1.29, 1.82) is 0 Å². The first-order valence-corrected chi connectivity index (χ1v) is 7.72. The van der Waals surface area contributed by atoms with Gasteiger partial charge in [-0.1, -0.05) is 18.2 Å². The molecule has 1 aliphatic carbocycles. The summed E-state index contributed by atoms with van der Waals surface area (Å²) in [5.41, 5.74) is 6.08. The average molecular weight is 328 g/mol. The Balaban J connectivity index is 1.68. The van der Waals surface area contributed by atoms with Gasteiger partial charge in [0.25, 0.3) is 0 Å². The number of carbonyl (C=O) groups excluding carboxylic acids is 1. The lowest BCUT2D eigenvalue weighted by molar-refractivity contribution is -0.274. The van der Waals surface area contributed by atoms with Gasteiger partial charge in [0.05, 0.1) is 0 Å². The molecule has 1 saturated heterocycles.